The number of aromatic carboxylic acids is 1. The first-order chi connectivity index (χ1) is 7.15. The monoisotopic (exact) mass is 204 g/mol. The third-order valence-corrected chi connectivity index (χ3v) is 1.79. The molecule has 0 fully saturated rings. The van der Waals surface area contributed by atoms with Crippen molar-refractivity contribution in [2.75, 3.05) is 0 Å². The molecule has 0 radical (unpaired) electrons. The Morgan fingerprint density at radius 1 is 1.40 bits per heavy atom. The van der Waals surface area contributed by atoms with E-state index in [0.29, 0.717) is 5.56 Å². The average molecular weight is 204 g/mol. The minimum atomic E-state index is -1.09. The zero-order valence-electron chi connectivity index (χ0n) is 7.73. The van der Waals surface area contributed by atoms with Gasteiger partial charge in [0, 0.05) is 0 Å². The van der Waals surface area contributed by atoms with E-state index in [2.05, 4.69) is 0 Å². The highest BCUT2D eigenvalue weighted by Crippen LogP contribution is 2.09. The van der Waals surface area contributed by atoms with Crippen LogP contribution in [0.25, 0.3) is 0 Å². The van der Waals surface area contributed by atoms with Crippen LogP contribution in [0.5, 0.6) is 0 Å². The van der Waals surface area contributed by atoms with E-state index >= 15 is 0 Å². The van der Waals surface area contributed by atoms with E-state index < -0.39 is 11.9 Å². The van der Waals surface area contributed by atoms with Crippen molar-refractivity contribution in [3.63, 3.8) is 0 Å². The van der Waals surface area contributed by atoms with Crippen LogP contribution >= 0.6 is 0 Å². The molecule has 0 saturated heterocycles. The number of hydrogen-bond donors (Lipinski definition) is 2. The van der Waals surface area contributed by atoms with Crippen LogP contribution in [0, 0.1) is 11.5 Å². The van der Waals surface area contributed by atoms with Crippen LogP contribution < -0.4 is 5.32 Å². The molecule has 15 heavy (non-hydrogen) atoms. The van der Waals surface area contributed by atoms with Crippen LogP contribution in [-0.4, -0.2) is 17.0 Å². The minimum absolute atomic E-state index is 0.0746. The van der Waals surface area contributed by atoms with Crippen LogP contribution in [0.2, 0.25) is 0 Å². The first kappa shape index (κ1) is 10.7. The standard InChI is InChI=1S/C10H8N2O3/c11-6-12-9(13)5-7-3-1-2-4-8(7)10(14)15/h1-4H,5H2,(H,12,13)(H,14,15). The summed E-state index contributed by atoms with van der Waals surface area (Å²) in [6.07, 6.45) is 1.37. The molecule has 0 aromatic heterocycles. The van der Waals surface area contributed by atoms with Crippen molar-refractivity contribution in [3.8, 4) is 6.19 Å². The van der Waals surface area contributed by atoms with E-state index in [4.69, 9.17) is 10.4 Å². The number of carboxylic acids is 1. The first-order valence-electron chi connectivity index (χ1n) is 4.14. The Hall–Kier alpha value is -2.35. The molecule has 0 aliphatic carbocycles. The molecule has 1 aromatic carbocycles. The molecule has 1 rings (SSSR count). The average Bonchev–Trinajstić information content (AvgIpc) is 2.18. The maximum Gasteiger partial charge on any atom is 0.335 e. The lowest BCUT2D eigenvalue weighted by atomic mass is 10.0. The molecule has 5 heteroatoms. The summed E-state index contributed by atoms with van der Waals surface area (Å²) in [7, 11) is 0. The molecule has 0 aliphatic rings. The van der Waals surface area contributed by atoms with Gasteiger partial charge < -0.3 is 5.11 Å². The van der Waals surface area contributed by atoms with E-state index in [1.165, 1.54) is 12.3 Å². The van der Waals surface area contributed by atoms with E-state index in [1.54, 1.807) is 18.2 Å². The Bertz CT molecular complexity index is 435. The third-order valence-electron chi connectivity index (χ3n) is 1.79. The second-order valence-electron chi connectivity index (χ2n) is 2.80. The molecular weight excluding hydrogens is 196 g/mol. The summed E-state index contributed by atoms with van der Waals surface area (Å²) in [4.78, 5) is 21.8. The van der Waals surface area contributed by atoms with Gasteiger partial charge in [0.1, 0.15) is 0 Å². The molecule has 0 aliphatic heterocycles. The number of hydrogen-bond acceptors (Lipinski definition) is 3. The van der Waals surface area contributed by atoms with Crippen molar-refractivity contribution in [1.29, 1.82) is 5.26 Å². The fraction of sp³-hybridized carbons (Fsp3) is 0.100. The van der Waals surface area contributed by atoms with Gasteiger partial charge in [0.25, 0.3) is 0 Å². The van der Waals surface area contributed by atoms with Gasteiger partial charge in [0.05, 0.1) is 12.0 Å². The van der Waals surface area contributed by atoms with Crippen molar-refractivity contribution in [1.82, 2.24) is 5.32 Å². The van der Waals surface area contributed by atoms with Gasteiger partial charge in [-0.2, -0.15) is 5.26 Å². The fourth-order valence-electron chi connectivity index (χ4n) is 1.16. The van der Waals surface area contributed by atoms with Crippen molar-refractivity contribution < 1.29 is 14.7 Å². The smallest absolute Gasteiger partial charge is 0.335 e. The molecule has 76 valence electrons. The van der Waals surface area contributed by atoms with Crippen LogP contribution in [0.1, 0.15) is 15.9 Å². The molecule has 5 nitrogen and oxygen atoms in total. The normalized spacial score (nSPS) is 9.00. The van der Waals surface area contributed by atoms with Gasteiger partial charge in [-0.15, -0.1) is 0 Å². The fourth-order valence-corrected chi connectivity index (χ4v) is 1.16. The lowest BCUT2D eigenvalue weighted by molar-refractivity contribution is -0.119. The predicted molar refractivity (Wildman–Crippen MR) is 50.9 cm³/mol. The minimum Gasteiger partial charge on any atom is -0.478 e. The summed E-state index contributed by atoms with van der Waals surface area (Å²) < 4.78 is 0. The van der Waals surface area contributed by atoms with Crippen molar-refractivity contribution in [2.24, 2.45) is 0 Å². The topological polar surface area (TPSA) is 90.2 Å². The van der Waals surface area contributed by atoms with E-state index in [1.807, 2.05) is 5.32 Å². The second-order valence-corrected chi connectivity index (χ2v) is 2.80. The van der Waals surface area contributed by atoms with Crippen LogP contribution in [0.4, 0.5) is 0 Å². The molecule has 0 bridgehead atoms. The van der Waals surface area contributed by atoms with E-state index in [0.717, 1.165) is 0 Å². The van der Waals surface area contributed by atoms with Gasteiger partial charge in [0.15, 0.2) is 6.19 Å². The molecule has 0 unspecified atom stereocenters. The molecule has 0 atom stereocenters. The lowest BCUT2D eigenvalue weighted by Gasteiger charge is -2.03. The summed E-state index contributed by atoms with van der Waals surface area (Å²) in [6, 6.07) is 6.17. The molecule has 1 amide bonds. The Kier molecular flexibility index (Phi) is 3.41. The maximum absolute atomic E-state index is 11.1. The predicted octanol–water partition coefficient (Wildman–Crippen LogP) is 0.525. The highest BCUT2D eigenvalue weighted by Gasteiger charge is 2.11. The quantitative estimate of drug-likeness (QED) is 0.554. The van der Waals surface area contributed by atoms with E-state index in [9.17, 15) is 9.59 Å². The third kappa shape index (κ3) is 2.81. The number of carboxylic acid groups (broad SMARTS) is 1. The number of amides is 1. The van der Waals surface area contributed by atoms with Crippen LogP contribution in [0.3, 0.4) is 0 Å². The number of nitriles is 1. The lowest BCUT2D eigenvalue weighted by Crippen LogP contribution is -2.20. The second kappa shape index (κ2) is 4.77. The number of benzene rings is 1. The highest BCUT2D eigenvalue weighted by atomic mass is 16.4. The Morgan fingerprint density at radius 2 is 2.07 bits per heavy atom. The van der Waals surface area contributed by atoms with Crippen molar-refractivity contribution in [3.05, 3.63) is 35.4 Å². The number of nitrogens with one attached hydrogen (secondary N) is 1. The molecule has 0 spiro atoms. The number of carbonyl (C=O) groups is 2. The molecule has 1 aromatic rings. The van der Waals surface area contributed by atoms with Crippen LogP contribution in [0.15, 0.2) is 24.3 Å². The van der Waals surface area contributed by atoms with Gasteiger partial charge in [-0.05, 0) is 11.6 Å². The van der Waals surface area contributed by atoms with Crippen molar-refractivity contribution in [2.45, 2.75) is 6.42 Å². The summed E-state index contributed by atoms with van der Waals surface area (Å²) in [5.74, 6) is -1.61. The molecular formula is C10H8N2O3. The van der Waals surface area contributed by atoms with Crippen LogP contribution in [-0.2, 0) is 11.2 Å². The summed E-state index contributed by atoms with van der Waals surface area (Å²) >= 11 is 0. The summed E-state index contributed by atoms with van der Waals surface area (Å²) in [6.45, 7) is 0. The maximum atomic E-state index is 11.1. The summed E-state index contributed by atoms with van der Waals surface area (Å²) in [5.41, 5.74) is 0.461. The SMILES string of the molecule is N#CNC(=O)Cc1ccccc1C(=O)O. The number of carbonyl (C=O) groups excluding carboxylic acids is 1. The Morgan fingerprint density at radius 3 is 2.67 bits per heavy atom. The zero-order valence-corrected chi connectivity index (χ0v) is 7.73. The van der Waals surface area contributed by atoms with Gasteiger partial charge in [-0.3, -0.25) is 10.1 Å². The highest BCUT2D eigenvalue weighted by molar-refractivity contribution is 5.91. The van der Waals surface area contributed by atoms with Gasteiger partial charge in [0.2, 0.25) is 5.91 Å². The van der Waals surface area contributed by atoms with Gasteiger partial charge in [-0.25, -0.2) is 4.79 Å². The Balaban J connectivity index is 2.90. The first-order valence-corrected chi connectivity index (χ1v) is 4.14. The van der Waals surface area contributed by atoms with Crippen molar-refractivity contribution >= 4 is 11.9 Å². The van der Waals surface area contributed by atoms with Gasteiger partial charge in [-0.1, -0.05) is 18.2 Å². The largest absolute Gasteiger partial charge is 0.478 e. The molecule has 0 saturated carbocycles. The van der Waals surface area contributed by atoms with Gasteiger partial charge >= 0.3 is 5.97 Å². The number of nitrogens with zero attached hydrogens (tertiary/aromatic N) is 1. The zero-order chi connectivity index (χ0) is 11.3. The van der Waals surface area contributed by atoms with E-state index in [-0.39, 0.29) is 12.0 Å². The summed E-state index contributed by atoms with van der Waals surface area (Å²) in [5, 5.41) is 18.9. The Labute approximate surface area is 86.0 Å². The molecule has 0 heterocycles. The number of rotatable bonds is 3. The molecule has 2 N–H and O–H groups in total.